The van der Waals surface area contributed by atoms with Crippen molar-refractivity contribution in [3.8, 4) is 0 Å². The lowest BCUT2D eigenvalue weighted by Gasteiger charge is -2.08. The second-order valence-electron chi connectivity index (χ2n) is 4.08. The summed E-state index contributed by atoms with van der Waals surface area (Å²) in [6.45, 7) is 8.58. The van der Waals surface area contributed by atoms with Crippen LogP contribution in [0.25, 0.3) is 0 Å². The molecule has 0 nitrogen and oxygen atoms in total. The van der Waals surface area contributed by atoms with E-state index in [1.807, 2.05) is 0 Å². The van der Waals surface area contributed by atoms with E-state index in [1.165, 1.54) is 16.7 Å². The van der Waals surface area contributed by atoms with E-state index in [0.29, 0.717) is 0 Å². The normalized spacial score (nSPS) is 11.5. The molecule has 16 heavy (non-hydrogen) atoms. The van der Waals surface area contributed by atoms with Crippen LogP contribution in [0.1, 0.15) is 38.7 Å². The van der Waals surface area contributed by atoms with Crippen LogP contribution >= 0.6 is 0 Å². The summed E-state index contributed by atoms with van der Waals surface area (Å²) in [7, 11) is 0. The van der Waals surface area contributed by atoms with Crippen LogP contribution in [0.3, 0.4) is 0 Å². The fourth-order valence-electron chi connectivity index (χ4n) is 1.89. The van der Waals surface area contributed by atoms with Gasteiger partial charge in [-0.25, -0.2) is 0 Å². The van der Waals surface area contributed by atoms with Gasteiger partial charge in [-0.05, 0) is 36.8 Å². The number of hydrogen-bond donors (Lipinski definition) is 0. The molecule has 0 saturated heterocycles. The van der Waals surface area contributed by atoms with Gasteiger partial charge in [-0.3, -0.25) is 0 Å². The molecule has 0 spiro atoms. The molecule has 0 N–H and O–H groups in total. The average molecular weight is 214 g/mol. The van der Waals surface area contributed by atoms with E-state index in [2.05, 4.69) is 56.8 Å². The Bertz CT molecular complexity index is 344. The van der Waals surface area contributed by atoms with E-state index in [-0.39, 0.29) is 0 Å². The maximum absolute atomic E-state index is 4.19. The van der Waals surface area contributed by atoms with Crippen molar-refractivity contribution in [1.29, 1.82) is 0 Å². The maximum atomic E-state index is 4.19. The Morgan fingerprint density at radius 2 is 1.88 bits per heavy atom. The Morgan fingerprint density at radius 1 is 1.19 bits per heavy atom. The third-order valence-corrected chi connectivity index (χ3v) is 2.84. The van der Waals surface area contributed by atoms with Crippen LogP contribution in [-0.2, 0) is 6.42 Å². The lowest BCUT2D eigenvalue weighted by atomic mass is 9.97. The Kier molecular flexibility index (Phi) is 5.63. The van der Waals surface area contributed by atoms with E-state index in [0.717, 1.165) is 25.7 Å². The highest BCUT2D eigenvalue weighted by Crippen LogP contribution is 2.18. The summed E-state index contributed by atoms with van der Waals surface area (Å²) in [6, 6.07) is 10.6. The van der Waals surface area contributed by atoms with Crippen LogP contribution in [0, 0.1) is 0 Å². The fraction of sp³-hybridized carbons (Fsp3) is 0.375. The fourth-order valence-corrected chi connectivity index (χ4v) is 1.89. The van der Waals surface area contributed by atoms with Crippen molar-refractivity contribution in [1.82, 2.24) is 0 Å². The van der Waals surface area contributed by atoms with E-state index in [1.54, 1.807) is 0 Å². The highest BCUT2D eigenvalue weighted by molar-refractivity contribution is 5.29. The van der Waals surface area contributed by atoms with Gasteiger partial charge in [0.1, 0.15) is 0 Å². The van der Waals surface area contributed by atoms with Gasteiger partial charge in [0.2, 0.25) is 0 Å². The molecule has 0 aliphatic rings. The average Bonchev–Trinajstić information content (AvgIpc) is 2.34. The molecule has 0 saturated carbocycles. The van der Waals surface area contributed by atoms with Gasteiger partial charge in [-0.2, -0.15) is 0 Å². The number of benzene rings is 1. The van der Waals surface area contributed by atoms with Gasteiger partial charge in [0.25, 0.3) is 0 Å². The minimum absolute atomic E-state index is 1.07. The SMILES string of the molecule is C=C(CCc1ccccc1)/C(=C/CC)CC. The molecule has 0 heterocycles. The molecular weight excluding hydrogens is 192 g/mol. The summed E-state index contributed by atoms with van der Waals surface area (Å²) in [5.74, 6) is 0. The molecule has 1 rings (SSSR count). The first-order valence-electron chi connectivity index (χ1n) is 6.19. The van der Waals surface area contributed by atoms with E-state index < -0.39 is 0 Å². The smallest absolute Gasteiger partial charge is 0.0238 e. The maximum Gasteiger partial charge on any atom is -0.0238 e. The molecule has 0 unspecified atom stereocenters. The number of hydrogen-bond acceptors (Lipinski definition) is 0. The van der Waals surface area contributed by atoms with Gasteiger partial charge < -0.3 is 0 Å². The third-order valence-electron chi connectivity index (χ3n) is 2.84. The van der Waals surface area contributed by atoms with Crippen LogP contribution in [0.4, 0.5) is 0 Å². The zero-order valence-corrected chi connectivity index (χ0v) is 10.5. The van der Waals surface area contributed by atoms with Gasteiger partial charge in [-0.1, -0.05) is 62.4 Å². The molecule has 86 valence electrons. The highest BCUT2D eigenvalue weighted by Gasteiger charge is 2.00. The lowest BCUT2D eigenvalue weighted by Crippen LogP contribution is -1.91. The molecule has 0 radical (unpaired) electrons. The van der Waals surface area contributed by atoms with Gasteiger partial charge in [0.05, 0.1) is 0 Å². The first-order chi connectivity index (χ1) is 7.77. The number of aryl methyl sites for hydroxylation is 1. The summed E-state index contributed by atoms with van der Waals surface area (Å²) < 4.78 is 0. The van der Waals surface area contributed by atoms with Crippen LogP contribution in [-0.4, -0.2) is 0 Å². The molecule has 0 aliphatic carbocycles. The molecule has 0 atom stereocenters. The van der Waals surface area contributed by atoms with Crippen molar-refractivity contribution in [2.45, 2.75) is 39.5 Å². The van der Waals surface area contributed by atoms with Crippen molar-refractivity contribution in [3.63, 3.8) is 0 Å². The van der Waals surface area contributed by atoms with Gasteiger partial charge >= 0.3 is 0 Å². The van der Waals surface area contributed by atoms with Crippen molar-refractivity contribution >= 4 is 0 Å². The second-order valence-corrected chi connectivity index (χ2v) is 4.08. The molecule has 0 aromatic heterocycles. The molecule has 0 heteroatoms. The topological polar surface area (TPSA) is 0 Å². The van der Waals surface area contributed by atoms with E-state index >= 15 is 0 Å². The summed E-state index contributed by atoms with van der Waals surface area (Å²) in [5, 5.41) is 0. The van der Waals surface area contributed by atoms with Crippen LogP contribution in [0.5, 0.6) is 0 Å². The van der Waals surface area contributed by atoms with Crippen LogP contribution < -0.4 is 0 Å². The molecule has 0 amide bonds. The highest BCUT2D eigenvalue weighted by atomic mass is 14.1. The van der Waals surface area contributed by atoms with Crippen molar-refractivity contribution in [2.24, 2.45) is 0 Å². The zero-order valence-electron chi connectivity index (χ0n) is 10.5. The van der Waals surface area contributed by atoms with Gasteiger partial charge in [-0.15, -0.1) is 0 Å². The summed E-state index contributed by atoms with van der Waals surface area (Å²) in [5.41, 5.74) is 4.13. The Labute approximate surface area is 99.7 Å². The minimum atomic E-state index is 1.07. The van der Waals surface area contributed by atoms with Crippen LogP contribution in [0.2, 0.25) is 0 Å². The first-order valence-corrected chi connectivity index (χ1v) is 6.19. The molecule has 0 aliphatic heterocycles. The molecule has 1 aromatic carbocycles. The largest absolute Gasteiger partial charge is 0.0956 e. The number of allylic oxidation sites excluding steroid dienone is 3. The van der Waals surface area contributed by atoms with Crippen molar-refractivity contribution in [2.75, 3.05) is 0 Å². The number of rotatable bonds is 6. The summed E-state index contributed by atoms with van der Waals surface area (Å²) >= 11 is 0. The molecular formula is C16H22. The zero-order chi connectivity index (χ0) is 11.8. The Morgan fingerprint density at radius 3 is 2.44 bits per heavy atom. The van der Waals surface area contributed by atoms with Gasteiger partial charge in [0, 0.05) is 0 Å². The first kappa shape index (κ1) is 12.8. The Balaban J connectivity index is 2.49. The lowest BCUT2D eigenvalue weighted by molar-refractivity contribution is 0.921. The van der Waals surface area contributed by atoms with Crippen molar-refractivity contribution < 1.29 is 0 Å². The predicted octanol–water partition coefficient (Wildman–Crippen LogP) is 4.92. The van der Waals surface area contributed by atoms with E-state index in [4.69, 9.17) is 0 Å². The van der Waals surface area contributed by atoms with Crippen molar-refractivity contribution in [3.05, 3.63) is 59.7 Å². The van der Waals surface area contributed by atoms with E-state index in [9.17, 15) is 0 Å². The van der Waals surface area contributed by atoms with Crippen LogP contribution in [0.15, 0.2) is 54.1 Å². The monoisotopic (exact) mass is 214 g/mol. The minimum Gasteiger partial charge on any atom is -0.0956 e. The second kappa shape index (κ2) is 7.05. The molecule has 0 bridgehead atoms. The quantitative estimate of drug-likeness (QED) is 0.589. The third kappa shape index (κ3) is 4.06. The molecule has 1 aromatic rings. The standard InChI is InChI=1S/C16H22/c1-4-9-16(5-2)14(3)12-13-15-10-7-6-8-11-15/h6-11H,3-5,12-13H2,1-2H3/b16-9+. The Hall–Kier alpha value is -1.30. The summed E-state index contributed by atoms with van der Waals surface area (Å²) in [6.07, 6.45) is 6.67. The van der Waals surface area contributed by atoms with Gasteiger partial charge in [0.15, 0.2) is 0 Å². The predicted molar refractivity (Wildman–Crippen MR) is 72.6 cm³/mol. The summed E-state index contributed by atoms with van der Waals surface area (Å²) in [4.78, 5) is 0. The molecule has 0 fully saturated rings.